The predicted octanol–water partition coefficient (Wildman–Crippen LogP) is 2.07. The number of anilines is 2. The van der Waals surface area contributed by atoms with E-state index in [1.54, 1.807) is 6.92 Å². The second-order valence-corrected chi connectivity index (χ2v) is 4.83. The second kappa shape index (κ2) is 5.97. The number of nitrogens with zero attached hydrogens (tertiary/aromatic N) is 2. The summed E-state index contributed by atoms with van der Waals surface area (Å²) in [6.45, 7) is 4.75. The molecule has 2 heterocycles. The summed E-state index contributed by atoms with van der Waals surface area (Å²) in [5, 5.41) is 2.91. The zero-order valence-electron chi connectivity index (χ0n) is 11.8. The van der Waals surface area contributed by atoms with Gasteiger partial charge in [-0.1, -0.05) is 12.1 Å². The van der Waals surface area contributed by atoms with Crippen LogP contribution in [0, 0.1) is 6.92 Å². The van der Waals surface area contributed by atoms with Gasteiger partial charge in [-0.3, -0.25) is 4.79 Å². The minimum atomic E-state index is -0.262. The third-order valence-corrected chi connectivity index (χ3v) is 3.46. The maximum Gasteiger partial charge on any atom is 0.277 e. The minimum Gasteiger partial charge on any atom is -0.448 e. The molecule has 0 radical (unpaired) electrons. The molecule has 2 aromatic rings. The number of hydrogen-bond donors (Lipinski definition) is 1. The largest absolute Gasteiger partial charge is 0.448 e. The van der Waals surface area contributed by atoms with Gasteiger partial charge in [0, 0.05) is 13.1 Å². The molecule has 0 atom stereocenters. The summed E-state index contributed by atoms with van der Waals surface area (Å²) in [7, 11) is 0. The van der Waals surface area contributed by atoms with E-state index in [1.165, 1.54) is 6.39 Å². The van der Waals surface area contributed by atoms with Crippen LogP contribution in [0.25, 0.3) is 0 Å². The first-order valence-electron chi connectivity index (χ1n) is 6.89. The SMILES string of the molecule is Cc1ocnc1C(=O)Nc1ccccc1N1CCOCC1. The molecule has 3 rings (SSSR count). The van der Waals surface area contributed by atoms with Crippen LogP contribution < -0.4 is 10.2 Å². The predicted molar refractivity (Wildman–Crippen MR) is 78.7 cm³/mol. The van der Waals surface area contributed by atoms with Gasteiger partial charge in [0.2, 0.25) is 0 Å². The summed E-state index contributed by atoms with van der Waals surface area (Å²) in [6.07, 6.45) is 1.28. The summed E-state index contributed by atoms with van der Waals surface area (Å²) in [6, 6.07) is 7.74. The van der Waals surface area contributed by atoms with Gasteiger partial charge in [0.1, 0.15) is 5.76 Å². The number of oxazole rings is 1. The van der Waals surface area contributed by atoms with Gasteiger partial charge < -0.3 is 19.4 Å². The molecule has 1 aromatic carbocycles. The van der Waals surface area contributed by atoms with Crippen LogP contribution >= 0.6 is 0 Å². The first-order valence-corrected chi connectivity index (χ1v) is 6.89. The number of rotatable bonds is 3. The van der Waals surface area contributed by atoms with Crippen molar-refractivity contribution in [1.29, 1.82) is 0 Å². The van der Waals surface area contributed by atoms with Gasteiger partial charge in [0.05, 0.1) is 24.6 Å². The van der Waals surface area contributed by atoms with E-state index < -0.39 is 0 Å². The van der Waals surface area contributed by atoms with Crippen molar-refractivity contribution in [2.24, 2.45) is 0 Å². The Morgan fingerprint density at radius 2 is 2.05 bits per heavy atom. The number of carbonyl (C=O) groups is 1. The lowest BCUT2D eigenvalue weighted by Gasteiger charge is -2.30. The summed E-state index contributed by atoms with van der Waals surface area (Å²) < 4.78 is 10.4. The number of hydrogen-bond acceptors (Lipinski definition) is 5. The molecule has 1 aromatic heterocycles. The number of benzene rings is 1. The third-order valence-electron chi connectivity index (χ3n) is 3.46. The fourth-order valence-electron chi connectivity index (χ4n) is 2.36. The monoisotopic (exact) mass is 287 g/mol. The Kier molecular flexibility index (Phi) is 3.87. The molecule has 1 N–H and O–H groups in total. The van der Waals surface area contributed by atoms with E-state index in [-0.39, 0.29) is 5.91 Å². The van der Waals surface area contributed by atoms with Crippen molar-refractivity contribution in [2.75, 3.05) is 36.5 Å². The second-order valence-electron chi connectivity index (χ2n) is 4.83. The molecule has 1 amide bonds. The van der Waals surface area contributed by atoms with Gasteiger partial charge in [-0.05, 0) is 19.1 Å². The van der Waals surface area contributed by atoms with Gasteiger partial charge >= 0.3 is 0 Å². The molecule has 110 valence electrons. The van der Waals surface area contributed by atoms with Gasteiger partial charge in [-0.15, -0.1) is 0 Å². The molecule has 1 saturated heterocycles. The summed E-state index contributed by atoms with van der Waals surface area (Å²) in [4.78, 5) is 18.4. The van der Waals surface area contributed by atoms with Crippen LogP contribution in [0.4, 0.5) is 11.4 Å². The van der Waals surface area contributed by atoms with E-state index in [0.29, 0.717) is 24.7 Å². The molecule has 21 heavy (non-hydrogen) atoms. The molecule has 0 aliphatic carbocycles. The molecular formula is C15H17N3O3. The maximum absolute atomic E-state index is 12.3. The fraction of sp³-hybridized carbons (Fsp3) is 0.333. The van der Waals surface area contributed by atoms with Crippen molar-refractivity contribution in [3.8, 4) is 0 Å². The van der Waals surface area contributed by atoms with Crippen LogP contribution in [-0.2, 0) is 4.74 Å². The number of ether oxygens (including phenoxy) is 1. The van der Waals surface area contributed by atoms with Gasteiger partial charge in [0.25, 0.3) is 5.91 Å². The van der Waals surface area contributed by atoms with Crippen LogP contribution in [0.2, 0.25) is 0 Å². The highest BCUT2D eigenvalue weighted by Gasteiger charge is 2.18. The molecule has 0 spiro atoms. The van der Waals surface area contributed by atoms with E-state index >= 15 is 0 Å². The minimum absolute atomic E-state index is 0.262. The molecular weight excluding hydrogens is 270 g/mol. The van der Waals surface area contributed by atoms with E-state index in [4.69, 9.17) is 9.15 Å². The van der Waals surface area contributed by atoms with E-state index in [2.05, 4.69) is 15.2 Å². The van der Waals surface area contributed by atoms with Crippen molar-refractivity contribution in [3.63, 3.8) is 0 Å². The molecule has 0 bridgehead atoms. The number of para-hydroxylation sites is 2. The van der Waals surface area contributed by atoms with E-state index in [9.17, 15) is 4.79 Å². The van der Waals surface area contributed by atoms with Crippen molar-refractivity contribution >= 4 is 17.3 Å². The lowest BCUT2D eigenvalue weighted by atomic mass is 10.2. The zero-order chi connectivity index (χ0) is 14.7. The van der Waals surface area contributed by atoms with Crippen molar-refractivity contribution in [2.45, 2.75) is 6.92 Å². The van der Waals surface area contributed by atoms with E-state index in [0.717, 1.165) is 24.5 Å². The summed E-state index contributed by atoms with van der Waals surface area (Å²) >= 11 is 0. The number of carbonyl (C=O) groups excluding carboxylic acids is 1. The third kappa shape index (κ3) is 2.90. The van der Waals surface area contributed by atoms with Crippen molar-refractivity contribution in [3.05, 3.63) is 42.1 Å². The highest BCUT2D eigenvalue weighted by Crippen LogP contribution is 2.26. The molecule has 1 aliphatic heterocycles. The van der Waals surface area contributed by atoms with Crippen LogP contribution in [-0.4, -0.2) is 37.2 Å². The Labute approximate surface area is 122 Å². The van der Waals surface area contributed by atoms with Crippen LogP contribution in [0.5, 0.6) is 0 Å². The first-order chi connectivity index (χ1) is 10.3. The number of aromatic nitrogens is 1. The summed E-state index contributed by atoms with van der Waals surface area (Å²) in [5.74, 6) is 0.248. The Bertz CT molecular complexity index is 633. The molecule has 1 fully saturated rings. The zero-order valence-corrected chi connectivity index (χ0v) is 11.8. The van der Waals surface area contributed by atoms with E-state index in [1.807, 2.05) is 24.3 Å². The summed E-state index contributed by atoms with van der Waals surface area (Å²) in [5.41, 5.74) is 2.08. The Morgan fingerprint density at radius 1 is 1.29 bits per heavy atom. The molecule has 1 aliphatic rings. The average molecular weight is 287 g/mol. The Hall–Kier alpha value is -2.34. The fourth-order valence-corrected chi connectivity index (χ4v) is 2.36. The highest BCUT2D eigenvalue weighted by molar-refractivity contribution is 6.05. The van der Waals surface area contributed by atoms with Gasteiger partial charge in [0.15, 0.2) is 12.1 Å². The quantitative estimate of drug-likeness (QED) is 0.936. The van der Waals surface area contributed by atoms with Crippen molar-refractivity contribution < 1.29 is 13.9 Å². The molecule has 0 saturated carbocycles. The van der Waals surface area contributed by atoms with Crippen LogP contribution in [0.3, 0.4) is 0 Å². The molecule has 6 nitrogen and oxygen atoms in total. The smallest absolute Gasteiger partial charge is 0.277 e. The average Bonchev–Trinajstić information content (AvgIpc) is 2.95. The maximum atomic E-state index is 12.3. The number of aryl methyl sites for hydroxylation is 1. The Morgan fingerprint density at radius 3 is 2.76 bits per heavy atom. The molecule has 6 heteroatoms. The Balaban J connectivity index is 1.82. The lowest BCUT2D eigenvalue weighted by molar-refractivity contribution is 0.102. The van der Waals surface area contributed by atoms with Crippen LogP contribution in [0.15, 0.2) is 35.1 Å². The van der Waals surface area contributed by atoms with Gasteiger partial charge in [-0.2, -0.15) is 0 Å². The standard InChI is InChI=1S/C15H17N3O3/c1-11-14(16-10-21-11)15(19)17-12-4-2-3-5-13(12)18-6-8-20-9-7-18/h2-5,10H,6-9H2,1H3,(H,17,19). The van der Waals surface area contributed by atoms with Gasteiger partial charge in [-0.25, -0.2) is 4.98 Å². The van der Waals surface area contributed by atoms with Crippen molar-refractivity contribution in [1.82, 2.24) is 4.98 Å². The number of morpholine rings is 1. The number of amides is 1. The number of nitrogens with one attached hydrogen (secondary N) is 1. The first kappa shape index (κ1) is 13.6. The normalized spacial score (nSPS) is 15.0. The topological polar surface area (TPSA) is 67.6 Å². The lowest BCUT2D eigenvalue weighted by Crippen LogP contribution is -2.36. The van der Waals surface area contributed by atoms with Crippen LogP contribution in [0.1, 0.15) is 16.2 Å². The molecule has 0 unspecified atom stereocenters. The highest BCUT2D eigenvalue weighted by atomic mass is 16.5.